The van der Waals surface area contributed by atoms with Crippen molar-refractivity contribution < 1.29 is 18.8 Å². The lowest BCUT2D eigenvalue weighted by Crippen LogP contribution is -2.38. The summed E-state index contributed by atoms with van der Waals surface area (Å²) >= 11 is 0. The molecule has 0 saturated carbocycles. The number of nitrogens with one attached hydrogen (secondary N) is 1. The molecule has 1 N–H and O–H groups in total. The summed E-state index contributed by atoms with van der Waals surface area (Å²) in [5, 5.41) is 6.66. The first-order chi connectivity index (χ1) is 12.7. The molecule has 0 unspecified atom stereocenters. The van der Waals surface area contributed by atoms with Gasteiger partial charge in [-0.1, -0.05) is 5.16 Å². The predicted molar refractivity (Wildman–Crippen MR) is 94.0 cm³/mol. The number of carbonyl (C=O) groups is 1. The van der Waals surface area contributed by atoms with Crippen molar-refractivity contribution in [1.82, 2.24) is 20.4 Å². The number of morpholine rings is 1. The van der Waals surface area contributed by atoms with E-state index in [0.717, 1.165) is 45.0 Å². The van der Waals surface area contributed by atoms with Crippen LogP contribution in [0.1, 0.15) is 28.4 Å². The van der Waals surface area contributed by atoms with Gasteiger partial charge in [-0.2, -0.15) is 0 Å². The van der Waals surface area contributed by atoms with E-state index in [9.17, 15) is 4.79 Å². The van der Waals surface area contributed by atoms with Crippen molar-refractivity contribution in [3.8, 4) is 5.75 Å². The van der Waals surface area contributed by atoms with Crippen molar-refractivity contribution in [1.29, 1.82) is 0 Å². The Balaban J connectivity index is 1.37. The molecule has 8 heteroatoms. The van der Waals surface area contributed by atoms with E-state index >= 15 is 0 Å². The average molecular weight is 360 g/mol. The number of amides is 1. The highest BCUT2D eigenvalue weighted by molar-refractivity contribution is 5.92. The highest BCUT2D eigenvalue weighted by atomic mass is 16.5. The summed E-state index contributed by atoms with van der Waals surface area (Å²) in [6.45, 7) is 7.14. The molecule has 140 valence electrons. The molecule has 26 heavy (non-hydrogen) atoms. The van der Waals surface area contributed by atoms with Gasteiger partial charge >= 0.3 is 0 Å². The van der Waals surface area contributed by atoms with Crippen LogP contribution in [-0.2, 0) is 11.3 Å². The molecule has 2 aromatic heterocycles. The van der Waals surface area contributed by atoms with Gasteiger partial charge in [-0.25, -0.2) is 0 Å². The van der Waals surface area contributed by atoms with E-state index in [1.807, 2.05) is 19.1 Å². The molecule has 1 aliphatic heterocycles. The monoisotopic (exact) mass is 360 g/mol. The molecule has 1 saturated heterocycles. The quantitative estimate of drug-likeness (QED) is 0.712. The fourth-order valence-electron chi connectivity index (χ4n) is 2.60. The largest absolute Gasteiger partial charge is 0.484 e. The minimum atomic E-state index is -0.237. The summed E-state index contributed by atoms with van der Waals surface area (Å²) < 4.78 is 16.0. The summed E-state index contributed by atoms with van der Waals surface area (Å²) in [7, 11) is 0. The molecule has 3 heterocycles. The van der Waals surface area contributed by atoms with Crippen LogP contribution in [0.5, 0.6) is 5.75 Å². The second-order valence-corrected chi connectivity index (χ2v) is 6.17. The molecule has 0 aromatic carbocycles. The summed E-state index contributed by atoms with van der Waals surface area (Å²) in [5.41, 5.74) is 1.18. The maximum Gasteiger partial charge on any atom is 0.273 e. The van der Waals surface area contributed by atoms with Crippen molar-refractivity contribution in [3.63, 3.8) is 0 Å². The van der Waals surface area contributed by atoms with Crippen LogP contribution in [0.25, 0.3) is 0 Å². The van der Waals surface area contributed by atoms with Crippen molar-refractivity contribution in [2.24, 2.45) is 0 Å². The lowest BCUT2D eigenvalue weighted by Gasteiger charge is -2.26. The van der Waals surface area contributed by atoms with Crippen LogP contribution in [0.15, 0.2) is 28.9 Å². The number of pyridine rings is 1. The van der Waals surface area contributed by atoms with Crippen LogP contribution in [0, 0.1) is 6.92 Å². The van der Waals surface area contributed by atoms with Crippen LogP contribution < -0.4 is 10.1 Å². The van der Waals surface area contributed by atoms with Gasteiger partial charge < -0.3 is 19.3 Å². The molecular weight excluding hydrogens is 336 g/mol. The van der Waals surface area contributed by atoms with Crippen LogP contribution in [0.4, 0.5) is 0 Å². The number of carbonyl (C=O) groups excluding carboxylic acids is 1. The summed E-state index contributed by atoms with van der Waals surface area (Å²) in [6, 6.07) is 5.30. The van der Waals surface area contributed by atoms with Crippen molar-refractivity contribution >= 4 is 5.91 Å². The maximum absolute atomic E-state index is 12.1. The lowest BCUT2D eigenvalue weighted by atomic mass is 10.3. The molecule has 2 aromatic rings. The van der Waals surface area contributed by atoms with Crippen molar-refractivity contribution in [2.45, 2.75) is 20.0 Å². The van der Waals surface area contributed by atoms with Crippen molar-refractivity contribution in [3.05, 3.63) is 41.5 Å². The highest BCUT2D eigenvalue weighted by Crippen LogP contribution is 2.12. The van der Waals surface area contributed by atoms with E-state index in [-0.39, 0.29) is 18.2 Å². The lowest BCUT2D eigenvalue weighted by molar-refractivity contribution is 0.0374. The van der Waals surface area contributed by atoms with Gasteiger partial charge in [0.2, 0.25) is 0 Å². The zero-order valence-corrected chi connectivity index (χ0v) is 14.9. The summed E-state index contributed by atoms with van der Waals surface area (Å²) in [4.78, 5) is 18.6. The standard InChI is InChI=1S/C18H24N4O4/c1-14-3-4-15(12-20-14)25-13-16-11-17(21-26-16)18(23)19-5-2-6-22-7-9-24-10-8-22/h3-4,11-12H,2,5-10,13H2,1H3,(H,19,23). The fraction of sp³-hybridized carbons (Fsp3) is 0.500. The van der Waals surface area contributed by atoms with Gasteiger partial charge in [0, 0.05) is 31.4 Å². The Morgan fingerprint density at radius 3 is 2.96 bits per heavy atom. The number of hydrogen-bond acceptors (Lipinski definition) is 7. The SMILES string of the molecule is Cc1ccc(OCc2cc(C(=O)NCCCN3CCOCC3)no2)cn1. The Bertz CT molecular complexity index is 695. The molecule has 0 aliphatic carbocycles. The third-order valence-electron chi connectivity index (χ3n) is 4.10. The number of nitrogens with zero attached hydrogens (tertiary/aromatic N) is 3. The molecule has 1 aliphatic rings. The van der Waals surface area contributed by atoms with Gasteiger partial charge in [0.25, 0.3) is 5.91 Å². The molecule has 1 amide bonds. The molecule has 0 radical (unpaired) electrons. The van der Waals surface area contributed by atoms with Gasteiger partial charge in [-0.3, -0.25) is 14.7 Å². The number of ether oxygens (including phenoxy) is 2. The first-order valence-electron chi connectivity index (χ1n) is 8.80. The van der Waals surface area contributed by atoms with Crippen molar-refractivity contribution in [2.75, 3.05) is 39.4 Å². The smallest absolute Gasteiger partial charge is 0.273 e. The van der Waals surface area contributed by atoms with Crippen LogP contribution in [0.3, 0.4) is 0 Å². The van der Waals surface area contributed by atoms with E-state index in [1.54, 1.807) is 12.3 Å². The van der Waals surface area contributed by atoms with Crippen LogP contribution in [-0.4, -0.2) is 60.3 Å². The van der Waals surface area contributed by atoms with E-state index < -0.39 is 0 Å². The number of rotatable bonds is 8. The van der Waals surface area contributed by atoms with Gasteiger partial charge in [-0.05, 0) is 32.0 Å². The molecule has 0 bridgehead atoms. The predicted octanol–water partition coefficient (Wildman–Crippen LogP) is 1.41. The fourth-order valence-corrected chi connectivity index (χ4v) is 2.60. The Labute approximate surface area is 152 Å². The third-order valence-corrected chi connectivity index (χ3v) is 4.10. The highest BCUT2D eigenvalue weighted by Gasteiger charge is 2.13. The second kappa shape index (κ2) is 9.30. The van der Waals surface area contributed by atoms with Crippen LogP contribution >= 0.6 is 0 Å². The molecule has 1 fully saturated rings. The average Bonchev–Trinajstić information content (AvgIpc) is 3.15. The first-order valence-corrected chi connectivity index (χ1v) is 8.80. The Kier molecular flexibility index (Phi) is 6.56. The Morgan fingerprint density at radius 2 is 2.19 bits per heavy atom. The van der Waals surface area contributed by atoms with Gasteiger partial charge in [-0.15, -0.1) is 0 Å². The zero-order chi connectivity index (χ0) is 18.2. The zero-order valence-electron chi connectivity index (χ0n) is 14.9. The Hall–Kier alpha value is -2.45. The van der Waals surface area contributed by atoms with Gasteiger partial charge in [0.15, 0.2) is 11.5 Å². The van der Waals surface area contributed by atoms with E-state index in [1.165, 1.54) is 0 Å². The topological polar surface area (TPSA) is 89.7 Å². The molecule has 3 rings (SSSR count). The van der Waals surface area contributed by atoms with E-state index in [4.69, 9.17) is 14.0 Å². The van der Waals surface area contributed by atoms with E-state index in [2.05, 4.69) is 20.4 Å². The molecule has 0 spiro atoms. The number of aromatic nitrogens is 2. The molecule has 8 nitrogen and oxygen atoms in total. The van der Waals surface area contributed by atoms with Gasteiger partial charge in [0.05, 0.1) is 19.4 Å². The number of aryl methyl sites for hydroxylation is 1. The molecule has 0 atom stereocenters. The summed E-state index contributed by atoms with van der Waals surface area (Å²) in [5.74, 6) is 0.893. The second-order valence-electron chi connectivity index (χ2n) is 6.17. The molecular formula is C18H24N4O4. The normalized spacial score (nSPS) is 15.0. The maximum atomic E-state index is 12.1. The minimum absolute atomic E-state index is 0.196. The Morgan fingerprint density at radius 1 is 1.35 bits per heavy atom. The van der Waals surface area contributed by atoms with Crippen LogP contribution in [0.2, 0.25) is 0 Å². The third kappa shape index (κ3) is 5.53. The van der Waals surface area contributed by atoms with Gasteiger partial charge in [0.1, 0.15) is 12.4 Å². The first kappa shape index (κ1) is 18.3. The summed E-state index contributed by atoms with van der Waals surface area (Å²) in [6.07, 6.45) is 2.54. The minimum Gasteiger partial charge on any atom is -0.484 e. The van der Waals surface area contributed by atoms with E-state index in [0.29, 0.717) is 18.1 Å². The number of hydrogen-bond donors (Lipinski definition) is 1.